The maximum absolute atomic E-state index is 12.2. The van der Waals surface area contributed by atoms with E-state index in [0.29, 0.717) is 26.1 Å². The lowest BCUT2D eigenvalue weighted by Gasteiger charge is -2.35. The molecule has 1 aliphatic heterocycles. The molecule has 2 amide bonds. The predicted octanol–water partition coefficient (Wildman–Crippen LogP) is 0.879. The average molecular weight is 269 g/mol. The molecule has 0 spiro atoms. The highest BCUT2D eigenvalue weighted by atomic mass is 16.2. The summed E-state index contributed by atoms with van der Waals surface area (Å²) in [5, 5.41) is 2.92. The molecular weight excluding hydrogens is 242 g/mol. The molecule has 5 nitrogen and oxygen atoms in total. The van der Waals surface area contributed by atoms with Crippen LogP contribution in [0.2, 0.25) is 0 Å². The van der Waals surface area contributed by atoms with Crippen molar-refractivity contribution in [3.8, 4) is 0 Å². The minimum atomic E-state index is -0.280. The summed E-state index contributed by atoms with van der Waals surface area (Å²) in [7, 11) is 0. The van der Waals surface area contributed by atoms with E-state index < -0.39 is 0 Å². The first kappa shape index (κ1) is 16.0. The first-order valence-electron chi connectivity index (χ1n) is 7.37. The van der Waals surface area contributed by atoms with Crippen molar-refractivity contribution in [1.29, 1.82) is 0 Å². The Hall–Kier alpha value is -1.10. The average Bonchev–Trinajstić information content (AvgIpc) is 2.44. The Morgan fingerprint density at radius 3 is 2.79 bits per heavy atom. The summed E-state index contributed by atoms with van der Waals surface area (Å²) in [6.07, 6.45) is 4.15. The third-order valence-corrected chi connectivity index (χ3v) is 3.62. The summed E-state index contributed by atoms with van der Waals surface area (Å²) < 4.78 is 0. The summed E-state index contributed by atoms with van der Waals surface area (Å²) in [5.41, 5.74) is 5.54. The van der Waals surface area contributed by atoms with Gasteiger partial charge in [0.25, 0.3) is 0 Å². The summed E-state index contributed by atoms with van der Waals surface area (Å²) >= 11 is 0. The highest BCUT2D eigenvalue weighted by Crippen LogP contribution is 2.18. The van der Waals surface area contributed by atoms with Gasteiger partial charge in [-0.1, -0.05) is 13.8 Å². The van der Waals surface area contributed by atoms with Gasteiger partial charge in [0.1, 0.15) is 6.04 Å². The van der Waals surface area contributed by atoms with Gasteiger partial charge in [-0.2, -0.15) is 0 Å². The number of carbonyl (C=O) groups excluding carboxylic acids is 2. The van der Waals surface area contributed by atoms with E-state index in [0.717, 1.165) is 25.7 Å². The minimum absolute atomic E-state index is 0.0237. The van der Waals surface area contributed by atoms with Crippen LogP contribution in [0.1, 0.15) is 46.0 Å². The van der Waals surface area contributed by atoms with Crippen molar-refractivity contribution in [3.05, 3.63) is 0 Å². The van der Waals surface area contributed by atoms with Crippen LogP contribution in [0.25, 0.3) is 0 Å². The van der Waals surface area contributed by atoms with Crippen LogP contribution in [0.4, 0.5) is 0 Å². The van der Waals surface area contributed by atoms with Gasteiger partial charge in [-0.25, -0.2) is 0 Å². The standard InChI is InChI=1S/C14H27N3O2/c1-3-6-13(18)17-8-5-4-7-12(17)14(19)16-10-11(2)9-15/h11-12H,3-10,15H2,1-2H3,(H,16,19). The zero-order valence-electron chi connectivity index (χ0n) is 12.2. The van der Waals surface area contributed by atoms with Gasteiger partial charge in [0.15, 0.2) is 0 Å². The van der Waals surface area contributed by atoms with Crippen LogP contribution in [0.15, 0.2) is 0 Å². The van der Waals surface area contributed by atoms with Gasteiger partial charge < -0.3 is 16.0 Å². The van der Waals surface area contributed by atoms with Crippen LogP contribution < -0.4 is 11.1 Å². The lowest BCUT2D eigenvalue weighted by molar-refractivity contribution is -0.142. The second kappa shape index (κ2) is 8.15. The topological polar surface area (TPSA) is 75.4 Å². The Balaban J connectivity index is 2.55. The Kier molecular flexibility index (Phi) is 6.84. The number of hydrogen-bond donors (Lipinski definition) is 2. The molecule has 1 saturated heterocycles. The van der Waals surface area contributed by atoms with Crippen LogP contribution in [0.5, 0.6) is 0 Å². The SMILES string of the molecule is CCCC(=O)N1CCCCC1C(=O)NCC(C)CN. The second-order valence-corrected chi connectivity index (χ2v) is 5.43. The molecule has 2 unspecified atom stereocenters. The quantitative estimate of drug-likeness (QED) is 0.751. The lowest BCUT2D eigenvalue weighted by atomic mass is 10.0. The summed E-state index contributed by atoms with van der Waals surface area (Å²) in [4.78, 5) is 26.0. The lowest BCUT2D eigenvalue weighted by Crippen LogP contribution is -2.52. The van der Waals surface area contributed by atoms with Crippen LogP contribution in [0.3, 0.4) is 0 Å². The van der Waals surface area contributed by atoms with E-state index in [-0.39, 0.29) is 23.8 Å². The molecule has 5 heteroatoms. The van der Waals surface area contributed by atoms with Crippen LogP contribution in [-0.4, -0.2) is 42.4 Å². The first-order chi connectivity index (χ1) is 9.10. The molecule has 19 heavy (non-hydrogen) atoms. The van der Waals surface area contributed by atoms with Crippen LogP contribution in [0, 0.1) is 5.92 Å². The maximum Gasteiger partial charge on any atom is 0.242 e. The molecule has 1 fully saturated rings. The smallest absolute Gasteiger partial charge is 0.242 e. The normalized spacial score (nSPS) is 21.0. The van der Waals surface area contributed by atoms with Gasteiger partial charge in [-0.15, -0.1) is 0 Å². The fourth-order valence-electron chi connectivity index (χ4n) is 2.34. The van der Waals surface area contributed by atoms with E-state index in [9.17, 15) is 9.59 Å². The second-order valence-electron chi connectivity index (χ2n) is 5.43. The fraction of sp³-hybridized carbons (Fsp3) is 0.857. The molecule has 0 saturated carbocycles. The summed E-state index contributed by atoms with van der Waals surface area (Å²) in [6.45, 7) is 5.84. The highest BCUT2D eigenvalue weighted by Gasteiger charge is 2.31. The molecular formula is C14H27N3O2. The number of rotatable bonds is 6. The molecule has 3 N–H and O–H groups in total. The largest absolute Gasteiger partial charge is 0.354 e. The minimum Gasteiger partial charge on any atom is -0.354 e. The van der Waals surface area contributed by atoms with E-state index in [1.807, 2.05) is 13.8 Å². The van der Waals surface area contributed by atoms with Gasteiger partial charge in [0.2, 0.25) is 11.8 Å². The van der Waals surface area contributed by atoms with E-state index in [4.69, 9.17) is 5.73 Å². The van der Waals surface area contributed by atoms with E-state index >= 15 is 0 Å². The van der Waals surface area contributed by atoms with Crippen LogP contribution in [-0.2, 0) is 9.59 Å². The van der Waals surface area contributed by atoms with E-state index in [1.54, 1.807) is 4.90 Å². The third kappa shape index (κ3) is 4.82. The van der Waals surface area contributed by atoms with Crippen LogP contribution >= 0.6 is 0 Å². The Labute approximate surface area is 115 Å². The zero-order valence-corrected chi connectivity index (χ0v) is 12.2. The number of hydrogen-bond acceptors (Lipinski definition) is 3. The molecule has 0 aromatic carbocycles. The highest BCUT2D eigenvalue weighted by molar-refractivity contribution is 5.87. The number of likely N-dealkylation sites (tertiary alicyclic amines) is 1. The van der Waals surface area contributed by atoms with Crippen molar-refractivity contribution in [3.63, 3.8) is 0 Å². The van der Waals surface area contributed by atoms with E-state index in [2.05, 4.69) is 5.32 Å². The zero-order chi connectivity index (χ0) is 14.3. The molecule has 1 heterocycles. The van der Waals surface area contributed by atoms with Crippen molar-refractivity contribution < 1.29 is 9.59 Å². The van der Waals surface area contributed by atoms with E-state index in [1.165, 1.54) is 0 Å². The first-order valence-corrected chi connectivity index (χ1v) is 7.37. The van der Waals surface area contributed by atoms with Gasteiger partial charge in [0.05, 0.1) is 0 Å². The number of nitrogens with one attached hydrogen (secondary N) is 1. The Morgan fingerprint density at radius 2 is 2.16 bits per heavy atom. The maximum atomic E-state index is 12.2. The van der Waals surface area contributed by atoms with Crippen molar-refractivity contribution in [2.45, 2.75) is 52.0 Å². The molecule has 0 radical (unpaired) electrons. The summed E-state index contributed by atoms with van der Waals surface area (Å²) in [5.74, 6) is 0.353. The Bertz CT molecular complexity index is 307. The van der Waals surface area contributed by atoms with Crippen molar-refractivity contribution >= 4 is 11.8 Å². The molecule has 0 bridgehead atoms. The number of nitrogens with two attached hydrogens (primary N) is 1. The van der Waals surface area contributed by atoms with Gasteiger partial charge in [-0.05, 0) is 38.1 Å². The van der Waals surface area contributed by atoms with Crippen molar-refractivity contribution in [2.75, 3.05) is 19.6 Å². The van der Waals surface area contributed by atoms with Gasteiger partial charge in [0, 0.05) is 19.5 Å². The fourth-order valence-corrected chi connectivity index (χ4v) is 2.34. The number of carbonyl (C=O) groups is 2. The van der Waals surface area contributed by atoms with Gasteiger partial charge >= 0.3 is 0 Å². The Morgan fingerprint density at radius 1 is 1.42 bits per heavy atom. The number of piperidine rings is 1. The molecule has 1 rings (SSSR count). The molecule has 1 aliphatic rings. The summed E-state index contributed by atoms with van der Waals surface area (Å²) in [6, 6.07) is -0.280. The molecule has 110 valence electrons. The molecule has 0 aromatic heterocycles. The number of nitrogens with zero attached hydrogens (tertiary/aromatic N) is 1. The van der Waals surface area contributed by atoms with Gasteiger partial charge in [-0.3, -0.25) is 9.59 Å². The predicted molar refractivity (Wildman–Crippen MR) is 75.5 cm³/mol. The molecule has 0 aromatic rings. The van der Waals surface area contributed by atoms with Crippen molar-refractivity contribution in [1.82, 2.24) is 10.2 Å². The molecule has 2 atom stereocenters. The van der Waals surface area contributed by atoms with Crippen molar-refractivity contribution in [2.24, 2.45) is 11.7 Å². The number of amides is 2. The molecule has 0 aliphatic carbocycles. The monoisotopic (exact) mass is 269 g/mol. The third-order valence-electron chi connectivity index (χ3n) is 3.62.